The Morgan fingerprint density at radius 1 is 1.68 bits per heavy atom. The highest BCUT2D eigenvalue weighted by molar-refractivity contribution is 5.82. The van der Waals surface area contributed by atoms with Crippen molar-refractivity contribution >= 4 is 5.91 Å². The smallest absolute Gasteiger partial charge is 0.237 e. The highest BCUT2D eigenvalue weighted by Gasteiger charge is 2.28. The van der Waals surface area contributed by atoms with Gasteiger partial charge >= 0.3 is 0 Å². The minimum absolute atomic E-state index is 0.140. The molecule has 0 spiro atoms. The highest BCUT2D eigenvalue weighted by Crippen LogP contribution is 2.11. The van der Waals surface area contributed by atoms with E-state index >= 15 is 0 Å². The average molecular weight is 269 g/mol. The van der Waals surface area contributed by atoms with Crippen molar-refractivity contribution in [1.82, 2.24) is 25.4 Å². The van der Waals surface area contributed by atoms with Crippen LogP contribution >= 0.6 is 0 Å². The van der Waals surface area contributed by atoms with Gasteiger partial charge in [0.1, 0.15) is 18.3 Å². The van der Waals surface area contributed by atoms with Crippen molar-refractivity contribution in [3.05, 3.63) is 12.2 Å². The van der Waals surface area contributed by atoms with Crippen LogP contribution in [-0.2, 0) is 11.3 Å². The van der Waals surface area contributed by atoms with Gasteiger partial charge in [0.25, 0.3) is 0 Å². The van der Waals surface area contributed by atoms with Gasteiger partial charge in [0.05, 0.1) is 6.04 Å². The summed E-state index contributed by atoms with van der Waals surface area (Å²) in [6.07, 6.45) is 1.00. The normalized spacial score (nSPS) is 22.9. The molecule has 1 aliphatic rings. The second-order valence-electron chi connectivity index (χ2n) is 5.12. The molecule has 0 aromatic carbocycles. The summed E-state index contributed by atoms with van der Waals surface area (Å²) in [5, 5.41) is 13.6. The van der Waals surface area contributed by atoms with Gasteiger partial charge in [-0.25, -0.2) is 4.39 Å². The van der Waals surface area contributed by atoms with Crippen LogP contribution < -0.4 is 10.6 Å². The number of hydrogen-bond donors (Lipinski definition) is 2. The lowest BCUT2D eigenvalue weighted by Gasteiger charge is -2.12. The number of carbonyl (C=O) groups excluding carboxylic acids is 1. The molecule has 19 heavy (non-hydrogen) atoms. The Balaban J connectivity index is 1.77. The summed E-state index contributed by atoms with van der Waals surface area (Å²) in [5.41, 5.74) is 0. The van der Waals surface area contributed by atoms with Gasteiger partial charge in [-0.05, 0) is 0 Å². The van der Waals surface area contributed by atoms with E-state index in [1.807, 2.05) is 18.4 Å². The Hall–Kier alpha value is -1.50. The SMILES string of the molecule is CC(C)c1nncn1CCNC(=O)[C@H]1C[C@H](F)CN1. The first kappa shape index (κ1) is 13.9. The zero-order chi connectivity index (χ0) is 13.8. The van der Waals surface area contributed by atoms with Gasteiger partial charge in [-0.15, -0.1) is 10.2 Å². The number of alkyl halides is 1. The van der Waals surface area contributed by atoms with Crippen molar-refractivity contribution < 1.29 is 9.18 Å². The fourth-order valence-corrected chi connectivity index (χ4v) is 2.20. The number of nitrogens with one attached hydrogen (secondary N) is 2. The molecule has 0 saturated carbocycles. The molecule has 1 fully saturated rings. The molecule has 106 valence electrons. The van der Waals surface area contributed by atoms with E-state index in [1.54, 1.807) is 6.33 Å². The fourth-order valence-electron chi connectivity index (χ4n) is 2.20. The van der Waals surface area contributed by atoms with Crippen molar-refractivity contribution in [1.29, 1.82) is 0 Å². The Labute approximate surface area is 111 Å². The zero-order valence-electron chi connectivity index (χ0n) is 11.3. The second kappa shape index (κ2) is 6.10. The molecular weight excluding hydrogens is 249 g/mol. The van der Waals surface area contributed by atoms with E-state index in [-0.39, 0.29) is 18.9 Å². The number of halogens is 1. The largest absolute Gasteiger partial charge is 0.353 e. The minimum atomic E-state index is -0.916. The van der Waals surface area contributed by atoms with E-state index < -0.39 is 12.2 Å². The Morgan fingerprint density at radius 3 is 3.11 bits per heavy atom. The van der Waals surface area contributed by atoms with E-state index in [9.17, 15) is 9.18 Å². The van der Waals surface area contributed by atoms with Crippen molar-refractivity contribution in [3.63, 3.8) is 0 Å². The first-order valence-corrected chi connectivity index (χ1v) is 6.60. The Kier molecular flexibility index (Phi) is 4.47. The molecule has 0 radical (unpaired) electrons. The quantitative estimate of drug-likeness (QED) is 0.802. The van der Waals surface area contributed by atoms with Crippen molar-refractivity contribution in [2.75, 3.05) is 13.1 Å². The van der Waals surface area contributed by atoms with E-state index in [2.05, 4.69) is 20.8 Å². The van der Waals surface area contributed by atoms with E-state index in [0.29, 0.717) is 19.0 Å². The van der Waals surface area contributed by atoms with Gasteiger partial charge in [-0.2, -0.15) is 0 Å². The van der Waals surface area contributed by atoms with Gasteiger partial charge < -0.3 is 15.2 Å². The third kappa shape index (κ3) is 3.50. The minimum Gasteiger partial charge on any atom is -0.353 e. The van der Waals surface area contributed by atoms with Crippen LogP contribution in [-0.4, -0.2) is 46.0 Å². The number of amides is 1. The summed E-state index contributed by atoms with van der Waals surface area (Å²) in [5.74, 6) is 1.05. The number of hydrogen-bond acceptors (Lipinski definition) is 4. The molecule has 1 aromatic rings. The van der Waals surface area contributed by atoms with Crippen LogP contribution in [0.15, 0.2) is 6.33 Å². The highest BCUT2D eigenvalue weighted by atomic mass is 19.1. The second-order valence-corrected chi connectivity index (χ2v) is 5.12. The Bertz CT molecular complexity index is 434. The summed E-state index contributed by atoms with van der Waals surface area (Å²) in [6, 6.07) is -0.402. The molecule has 2 atom stereocenters. The lowest BCUT2D eigenvalue weighted by atomic mass is 10.2. The number of aromatic nitrogens is 3. The summed E-state index contributed by atoms with van der Waals surface area (Å²) >= 11 is 0. The predicted molar refractivity (Wildman–Crippen MR) is 68.4 cm³/mol. The molecular formula is C12H20FN5O. The summed E-state index contributed by atoms with van der Waals surface area (Å²) < 4.78 is 14.9. The number of carbonyl (C=O) groups is 1. The molecule has 0 bridgehead atoms. The first-order chi connectivity index (χ1) is 9.08. The van der Waals surface area contributed by atoms with E-state index in [0.717, 1.165) is 5.82 Å². The van der Waals surface area contributed by atoms with Gasteiger partial charge in [-0.1, -0.05) is 13.8 Å². The maximum Gasteiger partial charge on any atom is 0.237 e. The van der Waals surface area contributed by atoms with Crippen molar-refractivity contribution in [2.45, 2.75) is 44.9 Å². The van der Waals surface area contributed by atoms with Crippen LogP contribution in [0.2, 0.25) is 0 Å². The lowest BCUT2D eigenvalue weighted by Crippen LogP contribution is -2.41. The molecule has 0 unspecified atom stereocenters. The van der Waals surface area contributed by atoms with Gasteiger partial charge in [-0.3, -0.25) is 4.79 Å². The molecule has 0 aliphatic carbocycles. The standard InChI is InChI=1S/C12H20FN5O/c1-8(2)11-17-16-7-18(11)4-3-14-12(19)10-5-9(13)6-15-10/h7-10,15H,3-6H2,1-2H3,(H,14,19)/t9-,10+/m0/s1. The maximum atomic E-state index is 13.0. The van der Waals surface area contributed by atoms with Crippen LogP contribution in [0.25, 0.3) is 0 Å². The molecule has 1 aromatic heterocycles. The average Bonchev–Trinajstić information content (AvgIpc) is 2.97. The number of rotatable bonds is 5. The zero-order valence-corrected chi connectivity index (χ0v) is 11.3. The molecule has 2 N–H and O–H groups in total. The van der Waals surface area contributed by atoms with Crippen LogP contribution in [0.1, 0.15) is 32.0 Å². The van der Waals surface area contributed by atoms with Crippen molar-refractivity contribution in [3.8, 4) is 0 Å². The van der Waals surface area contributed by atoms with Gasteiger partial charge in [0, 0.05) is 32.0 Å². The maximum absolute atomic E-state index is 13.0. The van der Waals surface area contributed by atoms with E-state index in [4.69, 9.17) is 0 Å². The van der Waals surface area contributed by atoms with Crippen LogP contribution in [0.5, 0.6) is 0 Å². The molecule has 1 aliphatic heterocycles. The molecule has 6 nitrogen and oxygen atoms in total. The third-order valence-corrected chi connectivity index (χ3v) is 3.21. The van der Waals surface area contributed by atoms with Gasteiger partial charge in [0.2, 0.25) is 5.91 Å². The van der Waals surface area contributed by atoms with E-state index in [1.165, 1.54) is 0 Å². The third-order valence-electron chi connectivity index (χ3n) is 3.21. The lowest BCUT2D eigenvalue weighted by molar-refractivity contribution is -0.122. The first-order valence-electron chi connectivity index (χ1n) is 6.60. The molecule has 1 amide bonds. The molecule has 2 heterocycles. The molecule has 7 heteroatoms. The fraction of sp³-hybridized carbons (Fsp3) is 0.750. The predicted octanol–water partition coefficient (Wildman–Crippen LogP) is 0.218. The van der Waals surface area contributed by atoms with Gasteiger partial charge in [0.15, 0.2) is 0 Å². The summed E-state index contributed by atoms with van der Waals surface area (Å²) in [6.45, 7) is 5.47. The van der Waals surface area contributed by atoms with Crippen LogP contribution in [0.4, 0.5) is 4.39 Å². The summed E-state index contributed by atoms with van der Waals surface area (Å²) in [4.78, 5) is 11.8. The molecule has 2 rings (SSSR count). The van der Waals surface area contributed by atoms with Crippen LogP contribution in [0, 0.1) is 0 Å². The number of nitrogens with zero attached hydrogens (tertiary/aromatic N) is 3. The Morgan fingerprint density at radius 2 is 2.47 bits per heavy atom. The summed E-state index contributed by atoms with van der Waals surface area (Å²) in [7, 11) is 0. The monoisotopic (exact) mass is 269 g/mol. The van der Waals surface area contributed by atoms with Crippen LogP contribution in [0.3, 0.4) is 0 Å². The van der Waals surface area contributed by atoms with Crippen molar-refractivity contribution in [2.24, 2.45) is 0 Å². The molecule has 1 saturated heterocycles. The topological polar surface area (TPSA) is 71.8 Å².